The zero-order chi connectivity index (χ0) is 22.1. The zero-order valence-corrected chi connectivity index (χ0v) is 17.7. The van der Waals surface area contributed by atoms with Crippen LogP contribution in [0.15, 0.2) is 59.8 Å². The first-order chi connectivity index (χ1) is 14.9. The maximum atomic E-state index is 13.6. The molecule has 0 spiro atoms. The van der Waals surface area contributed by atoms with Gasteiger partial charge in [0.25, 0.3) is 0 Å². The lowest BCUT2D eigenvalue weighted by molar-refractivity contribution is -0.136. The van der Waals surface area contributed by atoms with Gasteiger partial charge in [-0.15, -0.1) is 0 Å². The Bertz CT molecular complexity index is 1160. The van der Waals surface area contributed by atoms with Gasteiger partial charge < -0.3 is 15.0 Å². The first-order valence-electron chi connectivity index (χ1n) is 9.66. The van der Waals surface area contributed by atoms with Gasteiger partial charge in [0.2, 0.25) is 5.95 Å². The Hall–Kier alpha value is -4.01. The highest BCUT2D eigenvalue weighted by Gasteiger charge is 2.38. The number of nitrogens with zero attached hydrogens (tertiary/aromatic N) is 5. The fourth-order valence-electron chi connectivity index (χ4n) is 3.51. The molecular weight excluding hydrogens is 396 g/mol. The van der Waals surface area contributed by atoms with Crippen molar-refractivity contribution in [2.75, 3.05) is 31.4 Å². The van der Waals surface area contributed by atoms with E-state index in [4.69, 9.17) is 4.74 Å². The van der Waals surface area contributed by atoms with Crippen LogP contribution in [0.25, 0.3) is 0 Å². The van der Waals surface area contributed by atoms with Crippen LogP contribution in [0.2, 0.25) is 0 Å². The minimum absolute atomic E-state index is 0.0251. The average molecular weight is 418 g/mol. The molecular formula is C22H22N6O3. The van der Waals surface area contributed by atoms with E-state index in [-0.39, 0.29) is 23.0 Å². The molecule has 0 aliphatic carbocycles. The van der Waals surface area contributed by atoms with Gasteiger partial charge in [-0.1, -0.05) is 47.1 Å². The lowest BCUT2D eigenvalue weighted by Crippen LogP contribution is -2.33. The highest BCUT2D eigenvalue weighted by atomic mass is 16.5. The van der Waals surface area contributed by atoms with Gasteiger partial charge in [0.05, 0.1) is 12.7 Å². The Morgan fingerprint density at radius 2 is 1.74 bits per heavy atom. The summed E-state index contributed by atoms with van der Waals surface area (Å²) in [5.74, 6) is -0.724. The van der Waals surface area contributed by atoms with Crippen LogP contribution in [0, 0.1) is 6.92 Å². The van der Waals surface area contributed by atoms with E-state index in [1.165, 1.54) is 11.8 Å². The summed E-state index contributed by atoms with van der Waals surface area (Å²) in [5, 5.41) is 14.6. The molecule has 4 rings (SSSR count). The molecule has 1 atom stereocenters. The summed E-state index contributed by atoms with van der Waals surface area (Å²) >= 11 is 0. The van der Waals surface area contributed by atoms with Crippen molar-refractivity contribution in [3.63, 3.8) is 0 Å². The van der Waals surface area contributed by atoms with E-state index >= 15 is 0 Å². The van der Waals surface area contributed by atoms with Gasteiger partial charge in [-0.05, 0) is 35.0 Å². The van der Waals surface area contributed by atoms with Gasteiger partial charge in [-0.25, -0.2) is 4.79 Å². The highest BCUT2D eigenvalue weighted by molar-refractivity contribution is 6.14. The predicted octanol–water partition coefficient (Wildman–Crippen LogP) is 2.37. The first kappa shape index (κ1) is 20.3. The quantitative estimate of drug-likeness (QED) is 0.498. The van der Waals surface area contributed by atoms with Crippen LogP contribution in [0.3, 0.4) is 0 Å². The monoisotopic (exact) mass is 418 g/mol. The Labute approximate surface area is 179 Å². The lowest BCUT2D eigenvalue weighted by atomic mass is 9.89. The van der Waals surface area contributed by atoms with E-state index in [9.17, 15) is 9.59 Å². The minimum atomic E-state index is -0.703. The molecule has 3 aromatic rings. The summed E-state index contributed by atoms with van der Waals surface area (Å²) in [5.41, 5.74) is 3.48. The number of aryl methyl sites for hydroxylation is 1. The number of aromatic nitrogens is 4. The number of benzene rings is 2. The largest absolute Gasteiger partial charge is 0.464 e. The number of anilines is 2. The molecule has 2 heterocycles. The molecule has 2 aromatic carbocycles. The summed E-state index contributed by atoms with van der Waals surface area (Å²) in [6, 6.07) is 14.1. The summed E-state index contributed by atoms with van der Waals surface area (Å²) < 4.78 is 6.45. The summed E-state index contributed by atoms with van der Waals surface area (Å²) in [4.78, 5) is 28.3. The molecule has 1 aromatic heterocycles. The molecule has 9 nitrogen and oxygen atoms in total. The molecule has 1 aliphatic heterocycles. The molecule has 158 valence electrons. The van der Waals surface area contributed by atoms with Crippen molar-refractivity contribution in [1.29, 1.82) is 0 Å². The number of hydrogen-bond donors (Lipinski definition) is 1. The Morgan fingerprint density at radius 1 is 1.06 bits per heavy atom. The van der Waals surface area contributed by atoms with E-state index < -0.39 is 12.0 Å². The fraction of sp³-hybridized carbons (Fsp3) is 0.227. The van der Waals surface area contributed by atoms with E-state index in [1.54, 1.807) is 12.1 Å². The van der Waals surface area contributed by atoms with Crippen LogP contribution < -0.4 is 10.2 Å². The van der Waals surface area contributed by atoms with Crippen LogP contribution in [0.1, 0.15) is 27.5 Å². The molecule has 0 unspecified atom stereocenters. The van der Waals surface area contributed by atoms with Gasteiger partial charge >= 0.3 is 5.97 Å². The van der Waals surface area contributed by atoms with Gasteiger partial charge in [-0.2, -0.15) is 4.68 Å². The van der Waals surface area contributed by atoms with Gasteiger partial charge in [0.1, 0.15) is 11.7 Å². The van der Waals surface area contributed by atoms with E-state index in [1.807, 2.05) is 62.3 Å². The van der Waals surface area contributed by atoms with Crippen molar-refractivity contribution in [3.05, 3.63) is 76.5 Å². The first-order valence-corrected chi connectivity index (χ1v) is 9.66. The number of ketones is 1. The van der Waals surface area contributed by atoms with Gasteiger partial charge in [0, 0.05) is 25.3 Å². The normalized spacial score (nSPS) is 15.2. The van der Waals surface area contributed by atoms with E-state index in [2.05, 4.69) is 20.8 Å². The van der Waals surface area contributed by atoms with Crippen molar-refractivity contribution in [1.82, 2.24) is 20.2 Å². The zero-order valence-electron chi connectivity index (χ0n) is 17.7. The summed E-state index contributed by atoms with van der Waals surface area (Å²) in [6.07, 6.45) is 0. The predicted molar refractivity (Wildman–Crippen MR) is 115 cm³/mol. The number of carbonyl (C=O) groups is 2. The second-order valence-corrected chi connectivity index (χ2v) is 7.44. The number of fused-ring (bicyclic) bond motifs is 1. The summed E-state index contributed by atoms with van der Waals surface area (Å²) in [7, 11) is 5.16. The molecule has 0 amide bonds. The number of Topliss-reactive ketones (excluding diaryl/α,β-unsaturated/α-hetero) is 1. The standard InChI is InChI=1S/C22H22N6O3/c1-13-5-7-15(8-6-13)20(29)17-18(21(30)31-4)23-22-24-25-26-28(22)19(17)14-9-11-16(12-10-14)27(2)3/h5-12,19H,1-4H3,(H,23,24,26)/t19-/m1/s1. The third kappa shape index (κ3) is 3.65. The number of methoxy groups -OCH3 is 1. The average Bonchev–Trinajstić information content (AvgIpc) is 3.25. The third-order valence-corrected chi connectivity index (χ3v) is 5.19. The number of ether oxygens (including phenoxy) is 1. The number of allylic oxidation sites excluding steroid dienone is 1. The van der Waals surface area contributed by atoms with E-state index in [0.717, 1.165) is 16.8 Å². The van der Waals surface area contributed by atoms with Crippen molar-refractivity contribution in [3.8, 4) is 0 Å². The maximum Gasteiger partial charge on any atom is 0.355 e. The number of nitrogens with one attached hydrogen (secondary N) is 1. The number of hydrogen-bond acceptors (Lipinski definition) is 8. The summed E-state index contributed by atoms with van der Waals surface area (Å²) in [6.45, 7) is 1.94. The van der Waals surface area contributed by atoms with E-state index in [0.29, 0.717) is 5.56 Å². The van der Waals surface area contributed by atoms with Crippen molar-refractivity contribution >= 4 is 23.4 Å². The molecule has 1 aliphatic rings. The molecule has 0 saturated carbocycles. The van der Waals surface area contributed by atoms with Gasteiger partial charge in [-0.3, -0.25) is 4.79 Å². The lowest BCUT2D eigenvalue weighted by Gasteiger charge is -2.28. The third-order valence-electron chi connectivity index (χ3n) is 5.19. The number of tetrazole rings is 1. The molecule has 1 N–H and O–H groups in total. The molecule has 0 fully saturated rings. The number of rotatable bonds is 5. The van der Waals surface area contributed by atoms with Crippen molar-refractivity contribution < 1.29 is 14.3 Å². The number of carbonyl (C=O) groups excluding carboxylic acids is 2. The minimum Gasteiger partial charge on any atom is -0.464 e. The van der Waals surface area contributed by atoms with Crippen molar-refractivity contribution in [2.24, 2.45) is 0 Å². The molecule has 0 saturated heterocycles. The second kappa shape index (κ2) is 8.02. The Kier molecular flexibility index (Phi) is 5.24. The fourth-order valence-corrected chi connectivity index (χ4v) is 3.51. The SMILES string of the molecule is COC(=O)C1=C(C(=O)c2ccc(C)cc2)[C@@H](c2ccc(N(C)C)cc2)n2nnnc2N1. The smallest absolute Gasteiger partial charge is 0.355 e. The van der Waals surface area contributed by atoms with Crippen LogP contribution in [0.4, 0.5) is 11.6 Å². The highest BCUT2D eigenvalue weighted by Crippen LogP contribution is 2.37. The van der Waals surface area contributed by atoms with Crippen LogP contribution >= 0.6 is 0 Å². The Morgan fingerprint density at radius 3 is 2.35 bits per heavy atom. The molecule has 0 bridgehead atoms. The molecule has 9 heteroatoms. The van der Waals surface area contributed by atoms with Crippen LogP contribution in [-0.2, 0) is 9.53 Å². The molecule has 31 heavy (non-hydrogen) atoms. The van der Waals surface area contributed by atoms with Crippen LogP contribution in [0.5, 0.6) is 0 Å². The Balaban J connectivity index is 1.91. The topological polar surface area (TPSA) is 102 Å². The van der Waals surface area contributed by atoms with Crippen molar-refractivity contribution in [2.45, 2.75) is 13.0 Å². The molecule has 0 radical (unpaired) electrons. The maximum absolute atomic E-state index is 13.6. The second-order valence-electron chi connectivity index (χ2n) is 7.44. The number of esters is 1. The van der Waals surface area contributed by atoms with Crippen LogP contribution in [-0.4, -0.2) is 53.2 Å². The van der Waals surface area contributed by atoms with Gasteiger partial charge in [0.15, 0.2) is 5.78 Å².